The second-order valence-electron chi connectivity index (χ2n) is 6.91. The van der Waals surface area contributed by atoms with Crippen molar-refractivity contribution in [2.45, 2.75) is 19.4 Å². The molecule has 0 bridgehead atoms. The minimum atomic E-state index is -0.275. The topological polar surface area (TPSA) is 62.7 Å². The van der Waals surface area contributed by atoms with Gasteiger partial charge in [-0.1, -0.05) is 17.7 Å². The summed E-state index contributed by atoms with van der Waals surface area (Å²) in [6.45, 7) is 3.58. The van der Waals surface area contributed by atoms with E-state index in [4.69, 9.17) is 4.74 Å². The molecular weight excluding hydrogens is 330 g/mol. The molecule has 2 aliphatic rings. The predicted molar refractivity (Wildman–Crippen MR) is 96.9 cm³/mol. The standard InChI is InChI=1S/C20H21N3O3/c1-14-4-6-16(7-5-14)23-11-15(9-19(23)24)20(25)22-12-18(13-22)26-17-3-2-8-21-10-17/h2-8,10,15,18H,9,11-13H2,1H3/t15-/m1/s1. The van der Waals surface area contributed by atoms with Crippen LogP contribution in [0.1, 0.15) is 12.0 Å². The molecule has 1 aromatic heterocycles. The molecule has 2 saturated heterocycles. The number of nitrogens with zero attached hydrogens (tertiary/aromatic N) is 3. The summed E-state index contributed by atoms with van der Waals surface area (Å²) in [4.78, 5) is 32.5. The number of hydrogen-bond donors (Lipinski definition) is 0. The maximum Gasteiger partial charge on any atom is 0.228 e. The molecule has 0 unspecified atom stereocenters. The van der Waals surface area contributed by atoms with Crippen LogP contribution in [0.3, 0.4) is 0 Å². The van der Waals surface area contributed by atoms with E-state index in [0.29, 0.717) is 25.4 Å². The van der Waals surface area contributed by atoms with Crippen molar-refractivity contribution in [3.8, 4) is 5.75 Å². The summed E-state index contributed by atoms with van der Waals surface area (Å²) in [7, 11) is 0. The molecule has 26 heavy (non-hydrogen) atoms. The van der Waals surface area contributed by atoms with Crippen LogP contribution in [-0.2, 0) is 9.59 Å². The number of likely N-dealkylation sites (tertiary alicyclic amines) is 1. The van der Waals surface area contributed by atoms with Gasteiger partial charge in [-0.05, 0) is 31.2 Å². The van der Waals surface area contributed by atoms with Crippen LogP contribution in [0.15, 0.2) is 48.8 Å². The number of rotatable bonds is 4. The fourth-order valence-corrected chi connectivity index (χ4v) is 3.41. The Balaban J connectivity index is 1.32. The van der Waals surface area contributed by atoms with Crippen LogP contribution < -0.4 is 9.64 Å². The Labute approximate surface area is 152 Å². The Morgan fingerprint density at radius 1 is 1.15 bits per heavy atom. The van der Waals surface area contributed by atoms with Gasteiger partial charge in [0.2, 0.25) is 11.8 Å². The number of pyridine rings is 1. The largest absolute Gasteiger partial charge is 0.485 e. The number of anilines is 1. The first-order valence-corrected chi connectivity index (χ1v) is 8.82. The lowest BCUT2D eigenvalue weighted by Crippen LogP contribution is -2.57. The van der Waals surface area contributed by atoms with E-state index in [2.05, 4.69) is 4.98 Å². The van der Waals surface area contributed by atoms with Crippen LogP contribution in [0.4, 0.5) is 5.69 Å². The molecule has 6 heteroatoms. The molecule has 0 saturated carbocycles. The highest BCUT2D eigenvalue weighted by Crippen LogP contribution is 2.28. The maximum absolute atomic E-state index is 12.7. The number of benzene rings is 1. The number of hydrogen-bond acceptors (Lipinski definition) is 4. The smallest absolute Gasteiger partial charge is 0.228 e. The lowest BCUT2D eigenvalue weighted by Gasteiger charge is -2.40. The van der Waals surface area contributed by atoms with Crippen molar-refractivity contribution >= 4 is 17.5 Å². The van der Waals surface area contributed by atoms with Gasteiger partial charge in [-0.2, -0.15) is 0 Å². The minimum Gasteiger partial charge on any atom is -0.485 e. The molecule has 6 nitrogen and oxygen atoms in total. The maximum atomic E-state index is 12.7. The van der Waals surface area contributed by atoms with Gasteiger partial charge in [0, 0.05) is 24.8 Å². The fraction of sp³-hybridized carbons (Fsp3) is 0.350. The molecule has 2 aromatic rings. The van der Waals surface area contributed by atoms with Crippen LogP contribution in [0.25, 0.3) is 0 Å². The Morgan fingerprint density at radius 3 is 2.62 bits per heavy atom. The van der Waals surface area contributed by atoms with Gasteiger partial charge < -0.3 is 14.5 Å². The van der Waals surface area contributed by atoms with Crippen LogP contribution in [0.2, 0.25) is 0 Å². The van der Waals surface area contributed by atoms with Gasteiger partial charge in [0.1, 0.15) is 11.9 Å². The van der Waals surface area contributed by atoms with Gasteiger partial charge >= 0.3 is 0 Å². The molecule has 1 aromatic carbocycles. The number of aromatic nitrogens is 1. The second kappa shape index (κ2) is 6.78. The lowest BCUT2D eigenvalue weighted by atomic mass is 10.0. The Bertz CT molecular complexity index is 801. The van der Waals surface area contributed by atoms with E-state index in [1.54, 1.807) is 22.2 Å². The summed E-state index contributed by atoms with van der Waals surface area (Å²) in [5, 5.41) is 0. The zero-order chi connectivity index (χ0) is 18.1. The van der Waals surface area contributed by atoms with Gasteiger partial charge in [-0.15, -0.1) is 0 Å². The zero-order valence-corrected chi connectivity index (χ0v) is 14.7. The first-order valence-electron chi connectivity index (χ1n) is 8.82. The van der Waals surface area contributed by atoms with Crippen molar-refractivity contribution in [3.05, 3.63) is 54.4 Å². The van der Waals surface area contributed by atoms with E-state index in [9.17, 15) is 9.59 Å². The molecule has 0 N–H and O–H groups in total. The van der Waals surface area contributed by atoms with Crippen molar-refractivity contribution < 1.29 is 14.3 Å². The number of amides is 2. The number of carbonyl (C=O) groups is 2. The summed E-state index contributed by atoms with van der Waals surface area (Å²) in [6, 6.07) is 11.5. The van der Waals surface area contributed by atoms with Crippen molar-refractivity contribution in [2.75, 3.05) is 24.5 Å². The third-order valence-corrected chi connectivity index (χ3v) is 4.92. The monoisotopic (exact) mass is 351 g/mol. The van der Waals surface area contributed by atoms with E-state index in [1.165, 1.54) is 0 Å². The van der Waals surface area contributed by atoms with Gasteiger partial charge in [0.25, 0.3) is 0 Å². The van der Waals surface area contributed by atoms with Gasteiger partial charge in [-0.3, -0.25) is 14.6 Å². The summed E-state index contributed by atoms with van der Waals surface area (Å²) in [6.07, 6.45) is 3.63. The van der Waals surface area contributed by atoms with E-state index in [1.807, 2.05) is 43.3 Å². The summed E-state index contributed by atoms with van der Waals surface area (Å²) >= 11 is 0. The molecule has 3 heterocycles. The predicted octanol–water partition coefficient (Wildman–Crippen LogP) is 2.03. The lowest BCUT2D eigenvalue weighted by molar-refractivity contribution is -0.144. The minimum absolute atomic E-state index is 0.00606. The van der Waals surface area contributed by atoms with Crippen LogP contribution in [0, 0.1) is 12.8 Å². The molecular formula is C20H21N3O3. The highest BCUT2D eigenvalue weighted by molar-refractivity contribution is 6.00. The van der Waals surface area contributed by atoms with Gasteiger partial charge in [-0.25, -0.2) is 0 Å². The Kier molecular flexibility index (Phi) is 4.32. The number of ether oxygens (including phenoxy) is 1. The molecule has 4 rings (SSSR count). The molecule has 134 valence electrons. The van der Waals surface area contributed by atoms with E-state index >= 15 is 0 Å². The SMILES string of the molecule is Cc1ccc(N2C[C@H](C(=O)N3CC(Oc4cccnc4)C3)CC2=O)cc1. The first kappa shape index (κ1) is 16.6. The van der Waals surface area contributed by atoms with Gasteiger partial charge in [0.15, 0.2) is 0 Å². The summed E-state index contributed by atoms with van der Waals surface area (Å²) < 4.78 is 5.78. The summed E-state index contributed by atoms with van der Waals surface area (Å²) in [5.74, 6) is 0.490. The molecule has 2 amide bonds. The van der Waals surface area contributed by atoms with Crippen molar-refractivity contribution in [1.82, 2.24) is 9.88 Å². The second-order valence-corrected chi connectivity index (χ2v) is 6.91. The van der Waals surface area contributed by atoms with E-state index in [0.717, 1.165) is 11.3 Å². The quantitative estimate of drug-likeness (QED) is 0.846. The highest BCUT2D eigenvalue weighted by Gasteiger charge is 2.41. The third-order valence-electron chi connectivity index (χ3n) is 4.92. The zero-order valence-electron chi connectivity index (χ0n) is 14.7. The highest BCUT2D eigenvalue weighted by atomic mass is 16.5. The molecule has 0 aliphatic carbocycles. The molecule has 2 aliphatic heterocycles. The van der Waals surface area contributed by atoms with Crippen molar-refractivity contribution in [3.63, 3.8) is 0 Å². The van der Waals surface area contributed by atoms with E-state index in [-0.39, 0.29) is 30.3 Å². The third kappa shape index (κ3) is 3.27. The Morgan fingerprint density at radius 2 is 1.92 bits per heavy atom. The van der Waals surface area contributed by atoms with Crippen LogP contribution in [0.5, 0.6) is 5.75 Å². The van der Waals surface area contributed by atoms with Crippen molar-refractivity contribution in [2.24, 2.45) is 5.92 Å². The number of aryl methyl sites for hydroxylation is 1. The fourth-order valence-electron chi connectivity index (χ4n) is 3.41. The average Bonchev–Trinajstić information content (AvgIpc) is 3.01. The van der Waals surface area contributed by atoms with E-state index < -0.39 is 0 Å². The first-order chi connectivity index (χ1) is 12.6. The Hall–Kier alpha value is -2.89. The van der Waals surface area contributed by atoms with Crippen LogP contribution >= 0.6 is 0 Å². The average molecular weight is 351 g/mol. The molecule has 0 radical (unpaired) electrons. The number of carbonyl (C=O) groups excluding carboxylic acids is 2. The molecule has 0 spiro atoms. The molecule has 2 fully saturated rings. The van der Waals surface area contributed by atoms with Gasteiger partial charge in [0.05, 0.1) is 25.2 Å². The van der Waals surface area contributed by atoms with Crippen LogP contribution in [-0.4, -0.2) is 47.4 Å². The molecule has 1 atom stereocenters. The van der Waals surface area contributed by atoms with Crippen molar-refractivity contribution in [1.29, 1.82) is 0 Å². The summed E-state index contributed by atoms with van der Waals surface area (Å²) in [5.41, 5.74) is 2.01. The normalized spacial score (nSPS) is 20.2.